The fourth-order valence-electron chi connectivity index (χ4n) is 2.65. The van der Waals surface area contributed by atoms with E-state index in [9.17, 15) is 9.59 Å². The van der Waals surface area contributed by atoms with Crippen LogP contribution < -0.4 is 10.6 Å². The summed E-state index contributed by atoms with van der Waals surface area (Å²) < 4.78 is 10.4. The standard InChI is InChI=1S/C17H22N4O4S/c1-12(21-4-7-24-8-5-21)10-18-15(22)9-13-11-26-17(19-13)20-16(23)14-3-2-6-25-14/h2-3,6,11-12H,4-5,7-10H2,1H3,(H,18,22)(H,19,20,23). The van der Waals surface area contributed by atoms with Gasteiger partial charge in [0.1, 0.15) is 0 Å². The van der Waals surface area contributed by atoms with E-state index in [1.54, 1.807) is 17.5 Å². The first-order chi connectivity index (χ1) is 12.6. The maximum absolute atomic E-state index is 12.1. The van der Waals surface area contributed by atoms with Gasteiger partial charge in [0.2, 0.25) is 5.91 Å². The number of morpholine rings is 1. The van der Waals surface area contributed by atoms with Crippen LogP contribution in [0.25, 0.3) is 0 Å². The van der Waals surface area contributed by atoms with Gasteiger partial charge in [-0.25, -0.2) is 4.98 Å². The summed E-state index contributed by atoms with van der Waals surface area (Å²) in [6.07, 6.45) is 1.62. The fourth-order valence-corrected chi connectivity index (χ4v) is 3.35. The molecule has 3 heterocycles. The first-order valence-electron chi connectivity index (χ1n) is 8.49. The highest BCUT2D eigenvalue weighted by atomic mass is 32.1. The van der Waals surface area contributed by atoms with Crippen molar-refractivity contribution >= 4 is 28.3 Å². The van der Waals surface area contributed by atoms with Gasteiger partial charge in [-0.1, -0.05) is 0 Å². The summed E-state index contributed by atoms with van der Waals surface area (Å²) in [6, 6.07) is 3.48. The molecule has 1 saturated heterocycles. The van der Waals surface area contributed by atoms with Gasteiger partial charge in [-0.15, -0.1) is 11.3 Å². The smallest absolute Gasteiger partial charge is 0.293 e. The van der Waals surface area contributed by atoms with Crippen LogP contribution in [-0.4, -0.2) is 60.6 Å². The van der Waals surface area contributed by atoms with Crippen molar-refractivity contribution in [1.82, 2.24) is 15.2 Å². The molecule has 1 atom stereocenters. The Balaban J connectivity index is 1.43. The summed E-state index contributed by atoms with van der Waals surface area (Å²) in [6.45, 7) is 5.94. The van der Waals surface area contributed by atoms with Crippen molar-refractivity contribution < 1.29 is 18.7 Å². The van der Waals surface area contributed by atoms with Crippen LogP contribution >= 0.6 is 11.3 Å². The van der Waals surface area contributed by atoms with E-state index in [4.69, 9.17) is 9.15 Å². The lowest BCUT2D eigenvalue weighted by Gasteiger charge is -2.32. The van der Waals surface area contributed by atoms with Crippen molar-refractivity contribution in [3.8, 4) is 0 Å². The maximum atomic E-state index is 12.1. The fraction of sp³-hybridized carbons (Fsp3) is 0.471. The second-order valence-corrected chi connectivity index (χ2v) is 6.91. The van der Waals surface area contributed by atoms with Gasteiger partial charge < -0.3 is 14.5 Å². The Kier molecular flexibility index (Phi) is 6.37. The Morgan fingerprint density at radius 3 is 2.92 bits per heavy atom. The molecule has 0 aromatic carbocycles. The third-order valence-electron chi connectivity index (χ3n) is 4.12. The zero-order chi connectivity index (χ0) is 18.4. The minimum Gasteiger partial charge on any atom is -0.459 e. The minimum atomic E-state index is -0.361. The lowest BCUT2D eigenvalue weighted by atomic mass is 10.2. The molecule has 8 nitrogen and oxygen atoms in total. The number of furan rings is 1. The SMILES string of the molecule is CC(CNC(=O)Cc1csc(NC(=O)c2ccco2)n1)N1CCOCC1. The lowest BCUT2D eigenvalue weighted by molar-refractivity contribution is -0.120. The van der Waals surface area contributed by atoms with Crippen LogP contribution in [0.15, 0.2) is 28.2 Å². The normalized spacial score (nSPS) is 16.2. The number of amides is 2. The van der Waals surface area contributed by atoms with E-state index in [0.717, 1.165) is 26.3 Å². The third-order valence-corrected chi connectivity index (χ3v) is 4.93. The van der Waals surface area contributed by atoms with Gasteiger partial charge >= 0.3 is 0 Å². The van der Waals surface area contributed by atoms with E-state index >= 15 is 0 Å². The second-order valence-electron chi connectivity index (χ2n) is 6.05. The number of carbonyl (C=O) groups excluding carboxylic acids is 2. The molecule has 0 radical (unpaired) electrons. The molecule has 140 valence electrons. The van der Waals surface area contributed by atoms with Gasteiger partial charge in [0.05, 0.1) is 31.6 Å². The van der Waals surface area contributed by atoms with Crippen molar-refractivity contribution in [2.24, 2.45) is 0 Å². The predicted octanol–water partition coefficient (Wildman–Crippen LogP) is 1.37. The van der Waals surface area contributed by atoms with Crippen molar-refractivity contribution in [1.29, 1.82) is 0 Å². The Morgan fingerprint density at radius 1 is 1.38 bits per heavy atom. The summed E-state index contributed by atoms with van der Waals surface area (Å²) in [4.78, 5) is 30.6. The van der Waals surface area contributed by atoms with E-state index in [0.29, 0.717) is 17.4 Å². The molecule has 1 aliphatic rings. The van der Waals surface area contributed by atoms with E-state index in [2.05, 4.69) is 27.4 Å². The van der Waals surface area contributed by atoms with Gasteiger partial charge in [-0.05, 0) is 19.1 Å². The molecule has 1 aliphatic heterocycles. The van der Waals surface area contributed by atoms with Crippen LogP contribution in [-0.2, 0) is 16.0 Å². The van der Waals surface area contributed by atoms with Crippen molar-refractivity contribution in [3.05, 3.63) is 35.2 Å². The summed E-state index contributed by atoms with van der Waals surface area (Å²) in [5.41, 5.74) is 0.626. The van der Waals surface area contributed by atoms with Crippen LogP contribution in [0, 0.1) is 0 Å². The van der Waals surface area contributed by atoms with E-state index < -0.39 is 0 Å². The van der Waals surface area contributed by atoms with Gasteiger partial charge in [0, 0.05) is 31.1 Å². The van der Waals surface area contributed by atoms with Crippen molar-refractivity contribution in [2.75, 3.05) is 38.2 Å². The van der Waals surface area contributed by atoms with Crippen LogP contribution in [0.4, 0.5) is 5.13 Å². The first-order valence-corrected chi connectivity index (χ1v) is 9.37. The van der Waals surface area contributed by atoms with Gasteiger partial charge in [-0.2, -0.15) is 0 Å². The number of anilines is 1. The number of hydrogen-bond donors (Lipinski definition) is 2. The number of nitrogens with zero attached hydrogens (tertiary/aromatic N) is 2. The molecule has 0 bridgehead atoms. The summed E-state index contributed by atoms with van der Waals surface area (Å²) in [7, 11) is 0. The molecular weight excluding hydrogens is 356 g/mol. The molecule has 9 heteroatoms. The Bertz CT molecular complexity index is 725. The average Bonchev–Trinajstić information content (AvgIpc) is 3.32. The number of carbonyl (C=O) groups is 2. The van der Waals surface area contributed by atoms with Crippen LogP contribution in [0.5, 0.6) is 0 Å². The second kappa shape index (κ2) is 8.93. The highest BCUT2D eigenvalue weighted by molar-refractivity contribution is 7.14. The zero-order valence-electron chi connectivity index (χ0n) is 14.6. The molecule has 2 amide bonds. The molecular formula is C17H22N4O4S. The molecule has 0 spiro atoms. The third kappa shape index (κ3) is 5.13. The van der Waals surface area contributed by atoms with E-state index in [-0.39, 0.29) is 30.0 Å². The molecule has 3 rings (SSSR count). The summed E-state index contributed by atoms with van der Waals surface area (Å²) in [5, 5.41) is 7.80. The number of nitrogens with one attached hydrogen (secondary N) is 2. The minimum absolute atomic E-state index is 0.0840. The van der Waals surface area contributed by atoms with E-state index in [1.807, 2.05) is 0 Å². The highest BCUT2D eigenvalue weighted by Gasteiger charge is 2.18. The largest absolute Gasteiger partial charge is 0.459 e. The monoisotopic (exact) mass is 378 g/mol. The number of ether oxygens (including phenoxy) is 1. The zero-order valence-corrected chi connectivity index (χ0v) is 15.4. The molecule has 0 saturated carbocycles. The molecule has 2 N–H and O–H groups in total. The molecule has 1 fully saturated rings. The first kappa shape index (κ1) is 18.6. The lowest BCUT2D eigenvalue weighted by Crippen LogP contribution is -2.47. The molecule has 2 aromatic heterocycles. The number of thiazole rings is 1. The van der Waals surface area contributed by atoms with Crippen molar-refractivity contribution in [3.63, 3.8) is 0 Å². The molecule has 26 heavy (non-hydrogen) atoms. The number of rotatable bonds is 7. The average molecular weight is 378 g/mol. The highest BCUT2D eigenvalue weighted by Crippen LogP contribution is 2.17. The Morgan fingerprint density at radius 2 is 2.19 bits per heavy atom. The summed E-state index contributed by atoms with van der Waals surface area (Å²) >= 11 is 1.28. The Labute approximate surface area is 155 Å². The topological polar surface area (TPSA) is 96.7 Å². The van der Waals surface area contributed by atoms with Gasteiger partial charge in [0.15, 0.2) is 10.9 Å². The molecule has 1 unspecified atom stereocenters. The van der Waals surface area contributed by atoms with Gasteiger partial charge in [-0.3, -0.25) is 19.8 Å². The quantitative estimate of drug-likeness (QED) is 0.755. The number of hydrogen-bond acceptors (Lipinski definition) is 7. The van der Waals surface area contributed by atoms with Gasteiger partial charge in [0.25, 0.3) is 5.91 Å². The van der Waals surface area contributed by atoms with Crippen molar-refractivity contribution in [2.45, 2.75) is 19.4 Å². The van der Waals surface area contributed by atoms with E-state index in [1.165, 1.54) is 17.6 Å². The van der Waals surface area contributed by atoms with Crippen LogP contribution in [0.3, 0.4) is 0 Å². The molecule has 0 aliphatic carbocycles. The van der Waals surface area contributed by atoms with Crippen LogP contribution in [0.1, 0.15) is 23.2 Å². The van der Waals surface area contributed by atoms with Crippen LogP contribution in [0.2, 0.25) is 0 Å². The molecule has 2 aromatic rings. The maximum Gasteiger partial charge on any atom is 0.293 e. The Hall–Kier alpha value is -2.23. The predicted molar refractivity (Wildman–Crippen MR) is 97.3 cm³/mol. The number of aromatic nitrogens is 1. The summed E-state index contributed by atoms with van der Waals surface area (Å²) in [5.74, 6) is -0.226.